The second-order valence-corrected chi connectivity index (χ2v) is 7.80. The number of hydrogen-bond acceptors (Lipinski definition) is 6. The Morgan fingerprint density at radius 1 is 1.24 bits per heavy atom. The number of ether oxygens (including phenoxy) is 3. The zero-order chi connectivity index (χ0) is 20.6. The monoisotopic (exact) mass is 419 g/mol. The van der Waals surface area contributed by atoms with E-state index in [1.807, 2.05) is 46.3 Å². The van der Waals surface area contributed by atoms with Gasteiger partial charge in [-0.2, -0.15) is 0 Å². The zero-order valence-electron chi connectivity index (χ0n) is 17.3. The molecule has 8 heteroatoms. The summed E-state index contributed by atoms with van der Waals surface area (Å²) in [7, 11) is 3.27. The van der Waals surface area contributed by atoms with Gasteiger partial charge in [-0.15, -0.1) is 11.8 Å². The molecule has 0 unspecified atom stereocenters. The summed E-state index contributed by atoms with van der Waals surface area (Å²) in [5.74, 6) is 2.00. The van der Waals surface area contributed by atoms with Crippen molar-refractivity contribution >= 4 is 17.7 Å². The molecule has 2 aromatic rings. The van der Waals surface area contributed by atoms with Gasteiger partial charge in [-0.3, -0.25) is 4.79 Å². The first-order valence-electron chi connectivity index (χ1n) is 9.77. The van der Waals surface area contributed by atoms with E-state index in [2.05, 4.69) is 4.98 Å². The van der Waals surface area contributed by atoms with E-state index in [9.17, 15) is 4.79 Å². The minimum atomic E-state index is 0.0270. The number of hydrogen-bond donors (Lipinski definition) is 0. The Morgan fingerprint density at radius 2 is 2.03 bits per heavy atom. The smallest absolute Gasteiger partial charge is 0.257 e. The van der Waals surface area contributed by atoms with Crippen molar-refractivity contribution in [2.45, 2.75) is 30.4 Å². The third-order valence-corrected chi connectivity index (χ3v) is 5.92. The third-order valence-electron chi connectivity index (χ3n) is 5.20. The van der Waals surface area contributed by atoms with Gasteiger partial charge in [0.1, 0.15) is 18.3 Å². The summed E-state index contributed by atoms with van der Waals surface area (Å²) in [6.07, 6.45) is 7.52. The summed E-state index contributed by atoms with van der Waals surface area (Å²) < 4.78 is 18.1. The molecule has 158 valence electrons. The number of thioether (sulfide) groups is 1. The lowest BCUT2D eigenvalue weighted by Gasteiger charge is -2.32. The third kappa shape index (κ3) is 5.32. The first-order chi connectivity index (χ1) is 14.2. The molecular weight excluding hydrogens is 390 g/mol. The lowest BCUT2D eigenvalue weighted by atomic mass is 9.95. The molecule has 1 amide bonds. The minimum Gasteiger partial charge on any atom is -0.496 e. The maximum atomic E-state index is 13.0. The molecule has 29 heavy (non-hydrogen) atoms. The van der Waals surface area contributed by atoms with Crippen LogP contribution < -0.4 is 4.74 Å². The number of aromatic nitrogens is 2. The highest BCUT2D eigenvalue weighted by Crippen LogP contribution is 2.30. The Bertz CT molecular complexity index is 803. The fourth-order valence-corrected chi connectivity index (χ4v) is 4.01. The van der Waals surface area contributed by atoms with Crippen LogP contribution in [0, 0.1) is 0 Å². The topological polar surface area (TPSA) is 65.8 Å². The molecule has 1 saturated heterocycles. The van der Waals surface area contributed by atoms with Crippen LogP contribution in [0.4, 0.5) is 0 Å². The Morgan fingerprint density at radius 3 is 2.72 bits per heavy atom. The molecule has 0 aliphatic carbocycles. The Labute approximate surface area is 176 Å². The van der Waals surface area contributed by atoms with E-state index in [1.54, 1.807) is 26.0 Å². The highest BCUT2D eigenvalue weighted by Gasteiger charge is 2.28. The second-order valence-electron chi connectivity index (χ2n) is 6.92. The SMILES string of the molecule is COCCOCn1ccnc1C1CCN(C(=O)c2ccc(SC)cc2OC)CC1. The summed E-state index contributed by atoms with van der Waals surface area (Å²) in [6.45, 7) is 3.00. The lowest BCUT2D eigenvalue weighted by molar-refractivity contribution is 0.0318. The molecule has 0 atom stereocenters. The van der Waals surface area contributed by atoms with Crippen LogP contribution in [-0.4, -0.2) is 67.1 Å². The number of piperidine rings is 1. The molecule has 0 N–H and O–H groups in total. The molecule has 1 aromatic heterocycles. The predicted molar refractivity (Wildman–Crippen MR) is 113 cm³/mol. The number of amides is 1. The molecule has 0 radical (unpaired) electrons. The Hall–Kier alpha value is -2.03. The van der Waals surface area contributed by atoms with Gasteiger partial charge in [0, 0.05) is 43.4 Å². The van der Waals surface area contributed by atoms with Gasteiger partial charge in [0.2, 0.25) is 0 Å². The number of rotatable bonds is 9. The molecule has 7 nitrogen and oxygen atoms in total. The van der Waals surface area contributed by atoms with Crippen LogP contribution in [0.5, 0.6) is 5.75 Å². The van der Waals surface area contributed by atoms with Gasteiger partial charge in [-0.25, -0.2) is 4.98 Å². The van der Waals surface area contributed by atoms with Crippen LogP contribution in [0.1, 0.15) is 34.9 Å². The Kier molecular flexibility index (Phi) is 7.97. The van der Waals surface area contributed by atoms with E-state index in [4.69, 9.17) is 14.2 Å². The predicted octanol–water partition coefficient (Wildman–Crippen LogP) is 3.25. The molecule has 1 aromatic carbocycles. The van der Waals surface area contributed by atoms with Gasteiger partial charge in [-0.05, 0) is 37.3 Å². The summed E-state index contributed by atoms with van der Waals surface area (Å²) in [5, 5.41) is 0. The molecule has 1 aliphatic heterocycles. The van der Waals surface area contributed by atoms with Crippen molar-refractivity contribution < 1.29 is 19.0 Å². The van der Waals surface area contributed by atoms with Crippen LogP contribution in [-0.2, 0) is 16.2 Å². The van der Waals surface area contributed by atoms with Crippen LogP contribution in [0.15, 0.2) is 35.5 Å². The molecule has 1 fully saturated rings. The molecule has 0 saturated carbocycles. The van der Waals surface area contributed by atoms with Crippen LogP contribution >= 0.6 is 11.8 Å². The van der Waals surface area contributed by atoms with E-state index in [-0.39, 0.29) is 5.91 Å². The molecule has 2 heterocycles. The van der Waals surface area contributed by atoms with E-state index in [0.717, 1.165) is 23.6 Å². The minimum absolute atomic E-state index is 0.0270. The zero-order valence-corrected chi connectivity index (χ0v) is 18.1. The van der Waals surface area contributed by atoms with E-state index in [0.29, 0.717) is 50.3 Å². The van der Waals surface area contributed by atoms with Crippen molar-refractivity contribution in [3.05, 3.63) is 42.0 Å². The quantitative estimate of drug-likeness (QED) is 0.459. The highest BCUT2D eigenvalue weighted by atomic mass is 32.2. The van der Waals surface area contributed by atoms with Gasteiger partial charge in [0.25, 0.3) is 5.91 Å². The largest absolute Gasteiger partial charge is 0.496 e. The van der Waals surface area contributed by atoms with Crippen LogP contribution in [0.25, 0.3) is 0 Å². The number of methoxy groups -OCH3 is 2. The first kappa shape index (κ1) is 21.7. The molecule has 1 aliphatic rings. The van der Waals surface area contributed by atoms with E-state index in [1.165, 1.54) is 0 Å². The fraction of sp³-hybridized carbons (Fsp3) is 0.524. The summed E-state index contributed by atoms with van der Waals surface area (Å²) in [5.41, 5.74) is 0.622. The summed E-state index contributed by atoms with van der Waals surface area (Å²) >= 11 is 1.63. The normalized spacial score (nSPS) is 14.9. The highest BCUT2D eigenvalue weighted by molar-refractivity contribution is 7.98. The number of imidazole rings is 1. The second kappa shape index (κ2) is 10.7. The standard InChI is InChI=1S/C21H29N3O4S/c1-26-12-13-28-15-24-11-8-22-20(24)16-6-9-23(10-7-16)21(25)18-5-4-17(29-3)14-19(18)27-2/h4-5,8,11,14,16H,6-7,9-10,12-13,15H2,1-3H3. The van der Waals surface area contributed by atoms with Crippen molar-refractivity contribution in [2.75, 3.05) is 46.8 Å². The molecule has 0 spiro atoms. The summed E-state index contributed by atoms with van der Waals surface area (Å²) in [4.78, 5) is 20.6. The Balaban J connectivity index is 1.60. The van der Waals surface area contributed by atoms with Gasteiger partial charge in [-0.1, -0.05) is 0 Å². The lowest BCUT2D eigenvalue weighted by Crippen LogP contribution is -2.38. The average molecular weight is 420 g/mol. The van der Waals surface area contributed by atoms with Crippen molar-refractivity contribution in [2.24, 2.45) is 0 Å². The van der Waals surface area contributed by atoms with Crippen LogP contribution in [0.2, 0.25) is 0 Å². The first-order valence-corrected chi connectivity index (χ1v) is 11.0. The van der Waals surface area contributed by atoms with Crippen molar-refractivity contribution in [1.82, 2.24) is 14.5 Å². The fourth-order valence-electron chi connectivity index (χ4n) is 3.58. The van der Waals surface area contributed by atoms with E-state index < -0.39 is 0 Å². The number of nitrogens with zero attached hydrogens (tertiary/aromatic N) is 3. The van der Waals surface area contributed by atoms with Gasteiger partial charge >= 0.3 is 0 Å². The van der Waals surface area contributed by atoms with Crippen molar-refractivity contribution in [3.8, 4) is 5.75 Å². The van der Waals surface area contributed by atoms with E-state index >= 15 is 0 Å². The number of benzene rings is 1. The molecule has 3 rings (SSSR count). The average Bonchev–Trinajstić information content (AvgIpc) is 3.24. The maximum absolute atomic E-state index is 13.0. The molecule has 0 bridgehead atoms. The van der Waals surface area contributed by atoms with Crippen molar-refractivity contribution in [1.29, 1.82) is 0 Å². The van der Waals surface area contributed by atoms with Crippen LogP contribution in [0.3, 0.4) is 0 Å². The van der Waals surface area contributed by atoms with Gasteiger partial charge in [0.15, 0.2) is 0 Å². The molecular formula is C21H29N3O4S. The summed E-state index contributed by atoms with van der Waals surface area (Å²) in [6, 6.07) is 5.75. The van der Waals surface area contributed by atoms with Gasteiger partial charge in [0.05, 0.1) is 25.9 Å². The number of carbonyl (C=O) groups is 1. The number of likely N-dealkylation sites (tertiary alicyclic amines) is 1. The number of carbonyl (C=O) groups excluding carboxylic acids is 1. The maximum Gasteiger partial charge on any atom is 0.257 e. The van der Waals surface area contributed by atoms with Gasteiger partial charge < -0.3 is 23.7 Å². The van der Waals surface area contributed by atoms with Crippen molar-refractivity contribution in [3.63, 3.8) is 0 Å².